The Hall–Kier alpha value is -1.94. The maximum atomic E-state index is 12.3. The lowest BCUT2D eigenvalue weighted by atomic mass is 9.82. The number of fused-ring (bicyclic) bond motifs is 1. The summed E-state index contributed by atoms with van der Waals surface area (Å²) in [6, 6.07) is 8.14. The first-order chi connectivity index (χ1) is 10.3. The normalized spacial score (nSPS) is 21.3. The Morgan fingerprint density at radius 3 is 3.00 bits per heavy atom. The molecule has 3 rings (SSSR count). The second-order valence-corrected chi connectivity index (χ2v) is 6.27. The average molecular weight is 298 g/mol. The third-order valence-electron chi connectivity index (χ3n) is 3.82. The molecule has 0 radical (unpaired) electrons. The summed E-state index contributed by atoms with van der Waals surface area (Å²) < 4.78 is 1.19. The van der Waals surface area contributed by atoms with Gasteiger partial charge in [-0.15, -0.1) is 17.9 Å². The van der Waals surface area contributed by atoms with Gasteiger partial charge in [0, 0.05) is 12.5 Å². The van der Waals surface area contributed by atoms with Gasteiger partial charge in [0.2, 0.25) is 5.91 Å². The van der Waals surface area contributed by atoms with Crippen molar-refractivity contribution < 1.29 is 4.79 Å². The van der Waals surface area contributed by atoms with E-state index < -0.39 is 0 Å². The maximum absolute atomic E-state index is 12.3. The zero-order valence-electron chi connectivity index (χ0n) is 11.8. The molecular formula is C17H18N2OS. The van der Waals surface area contributed by atoms with E-state index in [4.69, 9.17) is 4.98 Å². The number of thiazole rings is 1. The minimum atomic E-state index is -0.0319. The molecule has 0 aliphatic heterocycles. The first-order valence-corrected chi connectivity index (χ1v) is 8.00. The molecule has 1 N–H and O–H groups in total. The molecule has 3 nitrogen and oxygen atoms in total. The van der Waals surface area contributed by atoms with Crippen LogP contribution in [0.5, 0.6) is 0 Å². The van der Waals surface area contributed by atoms with Crippen LogP contribution in [0, 0.1) is 5.92 Å². The van der Waals surface area contributed by atoms with Crippen LogP contribution in [0.25, 0.3) is 10.2 Å². The van der Waals surface area contributed by atoms with Crippen molar-refractivity contribution in [1.82, 2.24) is 10.3 Å². The van der Waals surface area contributed by atoms with Crippen LogP contribution < -0.4 is 5.32 Å². The molecule has 0 saturated carbocycles. The van der Waals surface area contributed by atoms with E-state index in [1.54, 1.807) is 17.4 Å². The average Bonchev–Trinajstić information content (AvgIpc) is 2.96. The third-order valence-corrected chi connectivity index (χ3v) is 4.99. The van der Waals surface area contributed by atoms with Crippen molar-refractivity contribution in [2.24, 2.45) is 5.92 Å². The molecule has 1 aromatic heterocycles. The van der Waals surface area contributed by atoms with Crippen molar-refractivity contribution in [3.63, 3.8) is 0 Å². The molecule has 1 aliphatic rings. The largest absolute Gasteiger partial charge is 0.352 e. The summed E-state index contributed by atoms with van der Waals surface area (Å²) in [6.45, 7) is 4.16. The van der Waals surface area contributed by atoms with Crippen molar-refractivity contribution >= 4 is 27.5 Å². The summed E-state index contributed by atoms with van der Waals surface area (Å²) in [5.74, 6) is 0.247. The minimum Gasteiger partial charge on any atom is -0.352 e. The molecule has 4 heteroatoms. The Morgan fingerprint density at radius 1 is 1.38 bits per heavy atom. The van der Waals surface area contributed by atoms with E-state index in [0.29, 0.717) is 6.54 Å². The van der Waals surface area contributed by atoms with E-state index in [1.165, 1.54) is 4.70 Å². The molecule has 1 aromatic carbocycles. The smallest absolute Gasteiger partial charge is 0.224 e. The van der Waals surface area contributed by atoms with Gasteiger partial charge in [0.1, 0.15) is 0 Å². The molecule has 0 bridgehead atoms. The number of hydrogen-bond acceptors (Lipinski definition) is 3. The number of carbonyl (C=O) groups is 1. The monoisotopic (exact) mass is 298 g/mol. The Morgan fingerprint density at radius 2 is 2.19 bits per heavy atom. The van der Waals surface area contributed by atoms with E-state index in [1.807, 2.05) is 18.2 Å². The number of aromatic nitrogens is 1. The van der Waals surface area contributed by atoms with Crippen molar-refractivity contribution in [2.45, 2.75) is 18.8 Å². The number of hydrogen-bond donors (Lipinski definition) is 1. The van der Waals surface area contributed by atoms with Crippen LogP contribution in [0.15, 0.2) is 49.1 Å². The van der Waals surface area contributed by atoms with Crippen LogP contribution in [0.2, 0.25) is 0 Å². The fourth-order valence-electron chi connectivity index (χ4n) is 2.73. The van der Waals surface area contributed by atoms with Gasteiger partial charge >= 0.3 is 0 Å². The summed E-state index contributed by atoms with van der Waals surface area (Å²) in [4.78, 5) is 17.1. The lowest BCUT2D eigenvalue weighted by Crippen LogP contribution is -2.35. The quantitative estimate of drug-likeness (QED) is 0.875. The number of rotatable bonds is 4. The highest BCUT2D eigenvalue weighted by Gasteiger charge is 2.31. The maximum Gasteiger partial charge on any atom is 0.224 e. The number of allylic oxidation sites excluding steroid dienone is 2. The Balaban J connectivity index is 1.88. The number of carbonyl (C=O) groups excluding carboxylic acids is 1. The first kappa shape index (κ1) is 14.0. The Kier molecular flexibility index (Phi) is 4.15. The zero-order valence-corrected chi connectivity index (χ0v) is 12.6. The van der Waals surface area contributed by atoms with Gasteiger partial charge in [-0.3, -0.25) is 4.79 Å². The zero-order chi connectivity index (χ0) is 14.7. The number of para-hydroxylation sites is 1. The topological polar surface area (TPSA) is 42.0 Å². The number of nitrogens with one attached hydrogen (secondary N) is 1. The van der Waals surface area contributed by atoms with Gasteiger partial charge in [-0.05, 0) is 25.0 Å². The first-order valence-electron chi connectivity index (χ1n) is 7.18. The highest BCUT2D eigenvalue weighted by Crippen LogP contribution is 2.38. The molecule has 108 valence electrons. The third kappa shape index (κ3) is 2.90. The van der Waals surface area contributed by atoms with Gasteiger partial charge < -0.3 is 5.32 Å². The van der Waals surface area contributed by atoms with Crippen molar-refractivity contribution in [2.75, 3.05) is 6.54 Å². The van der Waals surface area contributed by atoms with Gasteiger partial charge in [-0.2, -0.15) is 0 Å². The van der Waals surface area contributed by atoms with E-state index in [9.17, 15) is 4.79 Å². The highest BCUT2D eigenvalue weighted by atomic mass is 32.1. The predicted octanol–water partition coefficient (Wildman–Crippen LogP) is 3.65. The van der Waals surface area contributed by atoms with Crippen LogP contribution >= 0.6 is 11.3 Å². The lowest BCUT2D eigenvalue weighted by Gasteiger charge is -2.25. The molecular weight excluding hydrogens is 280 g/mol. The van der Waals surface area contributed by atoms with Crippen molar-refractivity contribution in [3.8, 4) is 0 Å². The van der Waals surface area contributed by atoms with Gasteiger partial charge in [0.25, 0.3) is 0 Å². The Bertz CT molecular complexity index is 656. The molecule has 0 saturated heterocycles. The van der Waals surface area contributed by atoms with E-state index in [0.717, 1.165) is 23.4 Å². The molecule has 2 aromatic rings. The molecule has 0 unspecified atom stereocenters. The number of amides is 1. The van der Waals surface area contributed by atoms with Crippen molar-refractivity contribution in [3.05, 3.63) is 54.1 Å². The summed E-state index contributed by atoms with van der Waals surface area (Å²) >= 11 is 1.70. The molecule has 1 aliphatic carbocycles. The summed E-state index contributed by atoms with van der Waals surface area (Å²) in [7, 11) is 0. The molecule has 1 amide bonds. The van der Waals surface area contributed by atoms with E-state index in [-0.39, 0.29) is 17.7 Å². The van der Waals surface area contributed by atoms with Crippen LogP contribution in [0.1, 0.15) is 23.8 Å². The second-order valence-electron chi connectivity index (χ2n) is 5.21. The fraction of sp³-hybridized carbons (Fsp3) is 0.294. The molecule has 0 spiro atoms. The summed E-state index contributed by atoms with van der Waals surface area (Å²) in [6.07, 6.45) is 7.63. The van der Waals surface area contributed by atoms with E-state index in [2.05, 4.69) is 30.1 Å². The van der Waals surface area contributed by atoms with Gasteiger partial charge in [-0.25, -0.2) is 4.98 Å². The lowest BCUT2D eigenvalue weighted by molar-refractivity contribution is -0.125. The fourth-order valence-corrected chi connectivity index (χ4v) is 3.88. The van der Waals surface area contributed by atoms with Crippen LogP contribution in [-0.4, -0.2) is 17.4 Å². The summed E-state index contributed by atoms with van der Waals surface area (Å²) in [5.41, 5.74) is 1.03. The van der Waals surface area contributed by atoms with Gasteiger partial charge in [-0.1, -0.05) is 30.4 Å². The standard InChI is InChI=1S/C17H18N2OS/c1-2-11-18-16(20)12-7-3-4-8-13(12)17-19-14-9-5-6-10-15(14)21-17/h2-6,9-10,12-13H,1,7-8,11H2,(H,18,20)/t12-,13-/m1/s1. The Labute approximate surface area is 128 Å². The number of nitrogens with zero attached hydrogens (tertiary/aromatic N) is 1. The SMILES string of the molecule is C=CCNC(=O)[C@@H]1CC=CC[C@H]1c1nc2ccccc2s1. The molecule has 1 heterocycles. The molecule has 0 fully saturated rings. The second kappa shape index (κ2) is 6.22. The van der Waals surface area contributed by atoms with E-state index >= 15 is 0 Å². The van der Waals surface area contributed by atoms with Crippen molar-refractivity contribution in [1.29, 1.82) is 0 Å². The van der Waals surface area contributed by atoms with Crippen LogP contribution in [0.3, 0.4) is 0 Å². The summed E-state index contributed by atoms with van der Waals surface area (Å²) in [5, 5.41) is 3.99. The van der Waals surface area contributed by atoms with Gasteiger partial charge in [0.05, 0.1) is 21.1 Å². The van der Waals surface area contributed by atoms with Gasteiger partial charge in [0.15, 0.2) is 0 Å². The van der Waals surface area contributed by atoms with Crippen LogP contribution in [0.4, 0.5) is 0 Å². The predicted molar refractivity (Wildman–Crippen MR) is 87.4 cm³/mol. The number of benzene rings is 1. The highest BCUT2D eigenvalue weighted by molar-refractivity contribution is 7.18. The molecule has 2 atom stereocenters. The molecule has 21 heavy (non-hydrogen) atoms. The minimum absolute atomic E-state index is 0.0319. The van der Waals surface area contributed by atoms with Crippen LogP contribution in [-0.2, 0) is 4.79 Å².